The van der Waals surface area contributed by atoms with Crippen LogP contribution in [0, 0.1) is 0 Å². The molecule has 0 saturated carbocycles. The van der Waals surface area contributed by atoms with Crippen molar-refractivity contribution in [1.82, 2.24) is 10.6 Å². The molecular weight excluding hydrogens is 356 g/mol. The normalized spacial score (nSPS) is 10.1. The summed E-state index contributed by atoms with van der Waals surface area (Å²) in [4.78, 5) is 23.5. The molecule has 0 aromatic heterocycles. The van der Waals surface area contributed by atoms with E-state index in [1.165, 1.54) is 0 Å². The summed E-state index contributed by atoms with van der Waals surface area (Å²) in [6, 6.07) is 14.3. The second kappa shape index (κ2) is 10.3. The maximum absolute atomic E-state index is 11.8. The molecule has 0 atom stereocenters. The summed E-state index contributed by atoms with van der Waals surface area (Å²) in [5.41, 5.74) is 1.06. The zero-order valence-electron chi connectivity index (χ0n) is 14.5. The molecule has 0 bridgehead atoms. The van der Waals surface area contributed by atoms with Gasteiger partial charge in [-0.1, -0.05) is 23.7 Å². The topological polar surface area (TPSA) is 76.7 Å². The van der Waals surface area contributed by atoms with Gasteiger partial charge in [0, 0.05) is 11.6 Å². The quantitative estimate of drug-likeness (QED) is 0.703. The lowest BCUT2D eigenvalue weighted by molar-refractivity contribution is -0.127. The summed E-state index contributed by atoms with van der Waals surface area (Å²) < 4.78 is 10.5. The average Bonchev–Trinajstić information content (AvgIpc) is 2.66. The molecule has 0 fully saturated rings. The summed E-state index contributed by atoms with van der Waals surface area (Å²) in [5.74, 6) is 0.685. The molecule has 2 amide bonds. The van der Waals surface area contributed by atoms with Gasteiger partial charge >= 0.3 is 0 Å². The van der Waals surface area contributed by atoms with Gasteiger partial charge in [-0.3, -0.25) is 9.59 Å². The molecule has 2 aromatic carbocycles. The molecule has 6 nitrogen and oxygen atoms in total. The number of rotatable bonds is 9. The third-order valence-electron chi connectivity index (χ3n) is 3.50. The molecule has 0 aliphatic rings. The highest BCUT2D eigenvalue weighted by Crippen LogP contribution is 2.15. The van der Waals surface area contributed by atoms with Crippen LogP contribution in [-0.2, 0) is 16.0 Å². The number of carbonyl (C=O) groups excluding carboxylic acids is 2. The van der Waals surface area contributed by atoms with Gasteiger partial charge in [0.1, 0.15) is 11.5 Å². The van der Waals surface area contributed by atoms with E-state index in [0.29, 0.717) is 23.7 Å². The van der Waals surface area contributed by atoms with E-state index in [-0.39, 0.29) is 25.0 Å². The highest BCUT2D eigenvalue weighted by atomic mass is 35.5. The summed E-state index contributed by atoms with van der Waals surface area (Å²) >= 11 is 5.77. The van der Waals surface area contributed by atoms with E-state index in [2.05, 4.69) is 10.6 Å². The Morgan fingerprint density at radius 2 is 1.77 bits per heavy atom. The van der Waals surface area contributed by atoms with Crippen LogP contribution in [0.1, 0.15) is 5.56 Å². The lowest BCUT2D eigenvalue weighted by Gasteiger charge is -2.09. The van der Waals surface area contributed by atoms with Crippen molar-refractivity contribution in [2.45, 2.75) is 6.42 Å². The maximum Gasteiger partial charge on any atom is 0.258 e. The molecule has 138 valence electrons. The minimum absolute atomic E-state index is 0.0963. The molecule has 0 spiro atoms. The number of hydrogen-bond donors (Lipinski definition) is 2. The number of halogens is 1. The minimum Gasteiger partial charge on any atom is -0.497 e. The first kappa shape index (κ1) is 19.6. The van der Waals surface area contributed by atoms with Crippen molar-refractivity contribution in [3.8, 4) is 11.5 Å². The van der Waals surface area contributed by atoms with E-state index in [4.69, 9.17) is 21.1 Å². The number of amides is 2. The number of ether oxygens (including phenoxy) is 2. The van der Waals surface area contributed by atoms with E-state index < -0.39 is 0 Å². The zero-order valence-corrected chi connectivity index (χ0v) is 15.2. The Morgan fingerprint density at radius 1 is 1.00 bits per heavy atom. The molecule has 0 aliphatic heterocycles. The van der Waals surface area contributed by atoms with Crippen LogP contribution in [0.2, 0.25) is 5.02 Å². The van der Waals surface area contributed by atoms with Gasteiger partial charge in [0.2, 0.25) is 5.91 Å². The molecule has 0 saturated heterocycles. The molecule has 0 unspecified atom stereocenters. The summed E-state index contributed by atoms with van der Waals surface area (Å²) in [5, 5.41) is 5.85. The second-order valence-corrected chi connectivity index (χ2v) is 5.91. The largest absolute Gasteiger partial charge is 0.497 e. The van der Waals surface area contributed by atoms with E-state index in [1.54, 1.807) is 31.4 Å². The van der Waals surface area contributed by atoms with Crippen LogP contribution in [0.15, 0.2) is 48.5 Å². The second-order valence-electron chi connectivity index (χ2n) is 5.47. The van der Waals surface area contributed by atoms with Crippen molar-refractivity contribution in [1.29, 1.82) is 0 Å². The van der Waals surface area contributed by atoms with Gasteiger partial charge in [0.15, 0.2) is 6.61 Å². The van der Waals surface area contributed by atoms with Crippen molar-refractivity contribution >= 4 is 23.4 Å². The molecule has 26 heavy (non-hydrogen) atoms. The highest BCUT2D eigenvalue weighted by molar-refractivity contribution is 6.30. The smallest absolute Gasteiger partial charge is 0.258 e. The summed E-state index contributed by atoms with van der Waals surface area (Å²) in [6.45, 7) is 0.211. The van der Waals surface area contributed by atoms with Crippen molar-refractivity contribution in [3.05, 3.63) is 59.1 Å². The number of hydrogen-bond acceptors (Lipinski definition) is 4. The van der Waals surface area contributed by atoms with E-state index in [9.17, 15) is 9.59 Å². The fourth-order valence-corrected chi connectivity index (χ4v) is 2.27. The number of nitrogens with one attached hydrogen (secondary N) is 2. The summed E-state index contributed by atoms with van der Waals surface area (Å²) in [7, 11) is 1.61. The first-order valence-corrected chi connectivity index (χ1v) is 8.49. The van der Waals surface area contributed by atoms with Gasteiger partial charge in [-0.25, -0.2) is 0 Å². The van der Waals surface area contributed by atoms with Crippen LogP contribution >= 0.6 is 11.6 Å². The zero-order chi connectivity index (χ0) is 18.8. The van der Waals surface area contributed by atoms with Gasteiger partial charge in [-0.2, -0.15) is 0 Å². The molecule has 2 rings (SSSR count). The molecule has 0 radical (unpaired) electrons. The Kier molecular flexibility index (Phi) is 7.76. The Labute approximate surface area is 157 Å². The summed E-state index contributed by atoms with van der Waals surface area (Å²) in [6.07, 6.45) is 0.677. The first-order valence-electron chi connectivity index (χ1n) is 8.11. The van der Waals surface area contributed by atoms with Gasteiger partial charge in [-0.15, -0.1) is 0 Å². The number of benzene rings is 2. The van der Waals surface area contributed by atoms with Crippen LogP contribution in [0.5, 0.6) is 11.5 Å². The SMILES string of the molecule is COc1cccc(CCNC(=O)CNC(=O)COc2ccc(Cl)cc2)c1. The Morgan fingerprint density at radius 3 is 2.50 bits per heavy atom. The highest BCUT2D eigenvalue weighted by Gasteiger charge is 2.06. The van der Waals surface area contributed by atoms with E-state index in [1.807, 2.05) is 24.3 Å². The maximum atomic E-state index is 11.8. The lowest BCUT2D eigenvalue weighted by atomic mass is 10.1. The van der Waals surface area contributed by atoms with Gasteiger partial charge in [0.05, 0.1) is 13.7 Å². The van der Waals surface area contributed by atoms with Crippen LogP contribution in [-0.4, -0.2) is 38.6 Å². The fraction of sp³-hybridized carbons (Fsp3) is 0.263. The monoisotopic (exact) mass is 376 g/mol. The third kappa shape index (κ3) is 7.03. The predicted octanol–water partition coefficient (Wildman–Crippen LogP) is 2.20. The van der Waals surface area contributed by atoms with Gasteiger partial charge < -0.3 is 20.1 Å². The van der Waals surface area contributed by atoms with Crippen molar-refractivity contribution < 1.29 is 19.1 Å². The fourth-order valence-electron chi connectivity index (χ4n) is 2.15. The Bertz CT molecular complexity index is 735. The van der Waals surface area contributed by atoms with Crippen molar-refractivity contribution in [2.24, 2.45) is 0 Å². The van der Waals surface area contributed by atoms with Crippen LogP contribution in [0.4, 0.5) is 0 Å². The molecule has 0 aliphatic carbocycles. The van der Waals surface area contributed by atoms with Crippen LogP contribution < -0.4 is 20.1 Å². The minimum atomic E-state index is -0.372. The molecule has 7 heteroatoms. The lowest BCUT2D eigenvalue weighted by Crippen LogP contribution is -2.39. The van der Waals surface area contributed by atoms with Crippen LogP contribution in [0.25, 0.3) is 0 Å². The predicted molar refractivity (Wildman–Crippen MR) is 99.7 cm³/mol. The molecule has 0 heterocycles. The molecule has 2 aromatic rings. The van der Waals surface area contributed by atoms with E-state index >= 15 is 0 Å². The van der Waals surface area contributed by atoms with Crippen LogP contribution in [0.3, 0.4) is 0 Å². The van der Waals surface area contributed by atoms with Crippen molar-refractivity contribution in [2.75, 3.05) is 26.8 Å². The van der Waals surface area contributed by atoms with E-state index in [0.717, 1.165) is 11.3 Å². The van der Waals surface area contributed by atoms with Crippen molar-refractivity contribution in [3.63, 3.8) is 0 Å². The average molecular weight is 377 g/mol. The third-order valence-corrected chi connectivity index (χ3v) is 3.75. The van der Waals surface area contributed by atoms with Gasteiger partial charge in [0.25, 0.3) is 5.91 Å². The van der Waals surface area contributed by atoms with Gasteiger partial charge in [-0.05, 0) is 48.4 Å². The number of methoxy groups -OCH3 is 1. The molecular formula is C19H21ClN2O4. The first-order chi connectivity index (χ1) is 12.6. The Balaban J connectivity index is 1.61. The molecule has 2 N–H and O–H groups in total. The Hall–Kier alpha value is -2.73. The number of carbonyl (C=O) groups is 2. The standard InChI is InChI=1S/C19H21ClN2O4/c1-25-17-4-2-3-14(11-17)9-10-21-18(23)12-22-19(24)13-26-16-7-5-15(20)6-8-16/h2-8,11H,9-10,12-13H2,1H3,(H,21,23)(H,22,24).